The standard InChI is InChI=1S/C17H16N4O3/c1-11-5-6-20-10-13(18-16(20)7-11)8-17(22)19-15-9-14(21(23)24)4-3-12(15)2/h3-7,9-10H,8H2,1-2H3,(H,19,22). The van der Waals surface area contributed by atoms with Crippen LogP contribution < -0.4 is 5.32 Å². The van der Waals surface area contributed by atoms with Crippen molar-refractivity contribution in [1.29, 1.82) is 0 Å². The van der Waals surface area contributed by atoms with E-state index in [2.05, 4.69) is 10.3 Å². The third kappa shape index (κ3) is 3.24. The number of carbonyl (C=O) groups excluding carboxylic acids is 1. The molecule has 0 aliphatic carbocycles. The van der Waals surface area contributed by atoms with Crippen molar-refractivity contribution in [2.24, 2.45) is 0 Å². The molecule has 0 radical (unpaired) electrons. The second kappa shape index (κ2) is 6.11. The highest BCUT2D eigenvalue weighted by atomic mass is 16.6. The Morgan fingerprint density at radius 3 is 2.83 bits per heavy atom. The number of nitro benzene ring substituents is 1. The average molecular weight is 324 g/mol. The van der Waals surface area contributed by atoms with Gasteiger partial charge in [-0.25, -0.2) is 4.98 Å². The maximum atomic E-state index is 12.2. The van der Waals surface area contributed by atoms with Crippen LogP contribution in [0.1, 0.15) is 16.8 Å². The molecule has 0 spiro atoms. The minimum atomic E-state index is -0.487. The Morgan fingerprint density at radius 2 is 2.08 bits per heavy atom. The third-order valence-corrected chi connectivity index (χ3v) is 3.71. The van der Waals surface area contributed by atoms with Crippen molar-refractivity contribution in [3.8, 4) is 0 Å². The molecule has 2 heterocycles. The van der Waals surface area contributed by atoms with Crippen LogP contribution in [0.15, 0.2) is 42.7 Å². The van der Waals surface area contributed by atoms with E-state index in [1.165, 1.54) is 12.1 Å². The second-order valence-corrected chi connectivity index (χ2v) is 5.68. The smallest absolute Gasteiger partial charge is 0.271 e. The van der Waals surface area contributed by atoms with Crippen LogP contribution in [0.4, 0.5) is 11.4 Å². The van der Waals surface area contributed by atoms with Crippen molar-refractivity contribution in [1.82, 2.24) is 9.38 Å². The van der Waals surface area contributed by atoms with E-state index in [1.807, 2.05) is 29.7 Å². The summed E-state index contributed by atoms with van der Waals surface area (Å²) >= 11 is 0. The third-order valence-electron chi connectivity index (χ3n) is 3.71. The number of nitrogens with zero attached hydrogens (tertiary/aromatic N) is 3. The zero-order valence-corrected chi connectivity index (χ0v) is 13.3. The highest BCUT2D eigenvalue weighted by molar-refractivity contribution is 5.93. The van der Waals surface area contributed by atoms with E-state index in [0.717, 1.165) is 16.8 Å². The Morgan fingerprint density at radius 1 is 1.29 bits per heavy atom. The molecule has 3 aromatic rings. The minimum Gasteiger partial charge on any atom is -0.325 e. The second-order valence-electron chi connectivity index (χ2n) is 5.68. The van der Waals surface area contributed by atoms with Gasteiger partial charge in [0.15, 0.2) is 0 Å². The van der Waals surface area contributed by atoms with Crippen molar-refractivity contribution < 1.29 is 9.72 Å². The van der Waals surface area contributed by atoms with Gasteiger partial charge in [0.25, 0.3) is 5.69 Å². The number of non-ortho nitro benzene ring substituents is 1. The normalized spacial score (nSPS) is 10.8. The summed E-state index contributed by atoms with van der Waals surface area (Å²) in [6, 6.07) is 8.29. The lowest BCUT2D eigenvalue weighted by atomic mass is 10.1. The van der Waals surface area contributed by atoms with E-state index in [1.54, 1.807) is 19.2 Å². The van der Waals surface area contributed by atoms with Crippen molar-refractivity contribution in [3.63, 3.8) is 0 Å². The largest absolute Gasteiger partial charge is 0.325 e. The maximum Gasteiger partial charge on any atom is 0.271 e. The quantitative estimate of drug-likeness (QED) is 0.590. The molecule has 1 amide bonds. The molecule has 1 aromatic carbocycles. The number of imidazole rings is 1. The number of hydrogen-bond acceptors (Lipinski definition) is 4. The molecule has 24 heavy (non-hydrogen) atoms. The van der Waals surface area contributed by atoms with Crippen LogP contribution in [0.2, 0.25) is 0 Å². The molecule has 1 N–H and O–H groups in total. The van der Waals surface area contributed by atoms with Crippen molar-refractivity contribution in [2.75, 3.05) is 5.32 Å². The number of aromatic nitrogens is 2. The molecule has 7 nitrogen and oxygen atoms in total. The van der Waals surface area contributed by atoms with Crippen molar-refractivity contribution >= 4 is 22.9 Å². The zero-order chi connectivity index (χ0) is 17.3. The highest BCUT2D eigenvalue weighted by Gasteiger charge is 2.13. The summed E-state index contributed by atoms with van der Waals surface area (Å²) in [4.78, 5) is 27.0. The lowest BCUT2D eigenvalue weighted by Gasteiger charge is -2.07. The van der Waals surface area contributed by atoms with Crippen LogP contribution in [0.5, 0.6) is 0 Å². The Labute approximate surface area is 138 Å². The Bertz CT molecular complexity index is 946. The number of nitrogens with one attached hydrogen (secondary N) is 1. The molecular weight excluding hydrogens is 308 g/mol. The number of hydrogen-bond donors (Lipinski definition) is 1. The number of nitro groups is 1. The summed E-state index contributed by atoms with van der Waals surface area (Å²) in [5.41, 5.74) is 3.66. The number of benzene rings is 1. The fourth-order valence-corrected chi connectivity index (χ4v) is 2.44. The number of carbonyl (C=O) groups is 1. The van der Waals surface area contributed by atoms with Crippen molar-refractivity contribution in [2.45, 2.75) is 20.3 Å². The number of anilines is 1. The van der Waals surface area contributed by atoms with E-state index in [-0.39, 0.29) is 18.0 Å². The summed E-state index contributed by atoms with van der Waals surface area (Å²) in [6.07, 6.45) is 3.79. The molecule has 0 aliphatic heterocycles. The Kier molecular flexibility index (Phi) is 3.99. The molecule has 0 bridgehead atoms. The van der Waals surface area contributed by atoms with Gasteiger partial charge in [0.05, 0.1) is 22.7 Å². The monoisotopic (exact) mass is 324 g/mol. The van der Waals surface area contributed by atoms with Gasteiger partial charge in [0.1, 0.15) is 5.65 Å². The molecule has 122 valence electrons. The predicted octanol–water partition coefficient (Wildman–Crippen LogP) is 3.04. The van der Waals surface area contributed by atoms with Crippen molar-refractivity contribution in [3.05, 3.63) is 69.7 Å². The minimum absolute atomic E-state index is 0.0564. The van der Waals surface area contributed by atoms with E-state index < -0.39 is 4.92 Å². The maximum absolute atomic E-state index is 12.2. The Hall–Kier alpha value is -3.22. The number of rotatable bonds is 4. The molecule has 7 heteroatoms. The van der Waals surface area contributed by atoms with Gasteiger partial charge >= 0.3 is 0 Å². The summed E-state index contributed by atoms with van der Waals surface area (Å²) in [6.45, 7) is 3.76. The first-order valence-corrected chi connectivity index (χ1v) is 7.41. The first kappa shape index (κ1) is 15.7. The van der Waals surface area contributed by atoms with E-state index in [4.69, 9.17) is 0 Å². The van der Waals surface area contributed by atoms with Gasteiger partial charge in [-0.1, -0.05) is 6.07 Å². The Balaban J connectivity index is 1.77. The summed E-state index contributed by atoms with van der Waals surface area (Å²) in [5, 5.41) is 13.6. The van der Waals surface area contributed by atoms with Crippen LogP contribution >= 0.6 is 0 Å². The lowest BCUT2D eigenvalue weighted by Crippen LogP contribution is -2.15. The van der Waals surface area contributed by atoms with Gasteiger partial charge in [-0.15, -0.1) is 0 Å². The van der Waals surface area contributed by atoms with Crippen LogP contribution in [0, 0.1) is 24.0 Å². The number of aryl methyl sites for hydroxylation is 2. The molecule has 0 saturated heterocycles. The van der Waals surface area contributed by atoms with Crippen LogP contribution in [-0.2, 0) is 11.2 Å². The molecule has 0 saturated carbocycles. The summed E-state index contributed by atoms with van der Waals surface area (Å²) in [5.74, 6) is -0.265. The van der Waals surface area contributed by atoms with Crippen LogP contribution in [0.3, 0.4) is 0 Å². The first-order valence-electron chi connectivity index (χ1n) is 7.41. The van der Waals surface area contributed by atoms with Gasteiger partial charge in [-0.05, 0) is 37.1 Å². The summed E-state index contributed by atoms with van der Waals surface area (Å²) < 4.78 is 1.86. The molecule has 2 aromatic heterocycles. The summed E-state index contributed by atoms with van der Waals surface area (Å²) in [7, 11) is 0. The first-order chi connectivity index (χ1) is 11.4. The average Bonchev–Trinajstić information content (AvgIpc) is 2.90. The fraction of sp³-hybridized carbons (Fsp3) is 0.176. The van der Waals surface area contributed by atoms with Gasteiger partial charge in [0.2, 0.25) is 5.91 Å². The molecule has 3 rings (SSSR count). The van der Waals surface area contributed by atoms with E-state index in [9.17, 15) is 14.9 Å². The predicted molar refractivity (Wildman–Crippen MR) is 90.1 cm³/mol. The van der Waals surface area contributed by atoms with Gasteiger partial charge < -0.3 is 9.72 Å². The van der Waals surface area contributed by atoms with Crippen LogP contribution in [0.25, 0.3) is 5.65 Å². The molecule has 0 unspecified atom stereocenters. The molecule has 0 aliphatic rings. The lowest BCUT2D eigenvalue weighted by molar-refractivity contribution is -0.384. The number of pyridine rings is 1. The SMILES string of the molecule is Cc1ccn2cc(CC(=O)Nc3cc([N+](=O)[O-])ccc3C)nc2c1. The van der Waals surface area contributed by atoms with Gasteiger partial charge in [-0.2, -0.15) is 0 Å². The van der Waals surface area contributed by atoms with Gasteiger partial charge in [0, 0.05) is 24.5 Å². The highest BCUT2D eigenvalue weighted by Crippen LogP contribution is 2.22. The van der Waals surface area contributed by atoms with Gasteiger partial charge in [-0.3, -0.25) is 14.9 Å². The van der Waals surface area contributed by atoms with E-state index in [0.29, 0.717) is 11.4 Å². The molecular formula is C17H16N4O3. The number of amides is 1. The van der Waals surface area contributed by atoms with Crippen LogP contribution in [-0.4, -0.2) is 20.2 Å². The topological polar surface area (TPSA) is 89.5 Å². The molecule has 0 fully saturated rings. The number of fused-ring (bicyclic) bond motifs is 1. The zero-order valence-electron chi connectivity index (χ0n) is 13.3. The fourth-order valence-electron chi connectivity index (χ4n) is 2.44. The van der Waals surface area contributed by atoms with E-state index >= 15 is 0 Å². The molecule has 0 atom stereocenters.